The Morgan fingerprint density at radius 3 is 2.93 bits per heavy atom. The molecule has 1 rings (SSSR count). The molecule has 0 aliphatic carbocycles. The predicted octanol–water partition coefficient (Wildman–Crippen LogP) is 1.42. The Morgan fingerprint density at radius 2 is 2.43 bits per heavy atom. The molecule has 14 heavy (non-hydrogen) atoms. The fraction of sp³-hybridized carbons (Fsp3) is 0.700. The molecular formula is C10H17NO3. The van der Waals surface area contributed by atoms with Crippen LogP contribution in [0.1, 0.15) is 13.3 Å². The van der Waals surface area contributed by atoms with E-state index < -0.39 is 0 Å². The summed E-state index contributed by atoms with van der Waals surface area (Å²) in [5.41, 5.74) is 1.26. The molecule has 0 aromatic carbocycles. The van der Waals surface area contributed by atoms with E-state index in [9.17, 15) is 4.79 Å². The molecule has 0 unspecified atom stereocenters. The Bertz CT molecular complexity index is 225. The van der Waals surface area contributed by atoms with Gasteiger partial charge in [-0.15, -0.1) is 0 Å². The molecule has 0 spiro atoms. The fourth-order valence-corrected chi connectivity index (χ4v) is 1.41. The molecule has 0 bridgehead atoms. The molecule has 0 fully saturated rings. The Kier molecular flexibility index (Phi) is 4.46. The van der Waals surface area contributed by atoms with Crippen molar-refractivity contribution in [2.75, 3.05) is 33.4 Å². The Labute approximate surface area is 84.5 Å². The van der Waals surface area contributed by atoms with Crippen LogP contribution in [-0.4, -0.2) is 44.4 Å². The van der Waals surface area contributed by atoms with E-state index in [2.05, 4.69) is 0 Å². The van der Waals surface area contributed by atoms with E-state index in [0.717, 1.165) is 13.0 Å². The van der Waals surface area contributed by atoms with Crippen molar-refractivity contribution in [3.05, 3.63) is 11.6 Å². The van der Waals surface area contributed by atoms with Crippen LogP contribution in [-0.2, 0) is 9.47 Å². The summed E-state index contributed by atoms with van der Waals surface area (Å²) in [5.74, 6) is 0. The maximum atomic E-state index is 11.3. The molecule has 0 radical (unpaired) electrons. The number of nitrogens with zero attached hydrogens (tertiary/aromatic N) is 1. The lowest BCUT2D eigenvalue weighted by Gasteiger charge is -2.25. The van der Waals surface area contributed by atoms with Crippen molar-refractivity contribution in [3.8, 4) is 0 Å². The van der Waals surface area contributed by atoms with Crippen LogP contribution in [0.25, 0.3) is 0 Å². The van der Waals surface area contributed by atoms with Crippen molar-refractivity contribution in [2.45, 2.75) is 13.3 Å². The SMILES string of the molecule is CCOC(=O)N1CC=C(COC)CC1. The monoisotopic (exact) mass is 199 g/mol. The number of amides is 1. The second-order valence-electron chi connectivity index (χ2n) is 3.19. The number of ether oxygens (including phenoxy) is 2. The topological polar surface area (TPSA) is 38.8 Å². The zero-order valence-corrected chi connectivity index (χ0v) is 8.78. The number of methoxy groups -OCH3 is 1. The van der Waals surface area contributed by atoms with E-state index in [1.807, 2.05) is 13.0 Å². The molecule has 0 N–H and O–H groups in total. The minimum Gasteiger partial charge on any atom is -0.450 e. The number of hydrogen-bond donors (Lipinski definition) is 0. The summed E-state index contributed by atoms with van der Waals surface area (Å²) in [5, 5.41) is 0. The van der Waals surface area contributed by atoms with Crippen LogP contribution in [0.15, 0.2) is 11.6 Å². The maximum absolute atomic E-state index is 11.3. The van der Waals surface area contributed by atoms with Crippen LogP contribution in [0.4, 0.5) is 4.79 Å². The van der Waals surface area contributed by atoms with Crippen molar-refractivity contribution in [2.24, 2.45) is 0 Å². The highest BCUT2D eigenvalue weighted by molar-refractivity contribution is 5.68. The molecule has 4 nitrogen and oxygen atoms in total. The molecule has 1 amide bonds. The van der Waals surface area contributed by atoms with Gasteiger partial charge in [-0.2, -0.15) is 0 Å². The summed E-state index contributed by atoms with van der Waals surface area (Å²) in [4.78, 5) is 13.0. The quantitative estimate of drug-likeness (QED) is 0.645. The highest BCUT2D eigenvalue weighted by Gasteiger charge is 2.17. The molecule has 1 aliphatic rings. The minimum atomic E-state index is -0.222. The van der Waals surface area contributed by atoms with Crippen LogP contribution in [0.3, 0.4) is 0 Å². The van der Waals surface area contributed by atoms with E-state index in [1.54, 1.807) is 12.0 Å². The number of rotatable bonds is 3. The molecule has 0 atom stereocenters. The van der Waals surface area contributed by atoms with Gasteiger partial charge in [0, 0.05) is 20.2 Å². The van der Waals surface area contributed by atoms with Crippen LogP contribution >= 0.6 is 0 Å². The number of hydrogen-bond acceptors (Lipinski definition) is 3. The Hall–Kier alpha value is -1.03. The third-order valence-corrected chi connectivity index (χ3v) is 2.16. The molecule has 4 heteroatoms. The summed E-state index contributed by atoms with van der Waals surface area (Å²) in [7, 11) is 1.68. The van der Waals surface area contributed by atoms with Crippen molar-refractivity contribution >= 4 is 6.09 Å². The van der Waals surface area contributed by atoms with Gasteiger partial charge in [-0.1, -0.05) is 6.08 Å². The van der Waals surface area contributed by atoms with Crippen molar-refractivity contribution in [3.63, 3.8) is 0 Å². The van der Waals surface area contributed by atoms with Gasteiger partial charge in [0.2, 0.25) is 0 Å². The highest BCUT2D eigenvalue weighted by Crippen LogP contribution is 2.11. The third kappa shape index (κ3) is 3.03. The maximum Gasteiger partial charge on any atom is 0.410 e. The van der Waals surface area contributed by atoms with Gasteiger partial charge in [0.25, 0.3) is 0 Å². The fourth-order valence-electron chi connectivity index (χ4n) is 1.41. The lowest BCUT2D eigenvalue weighted by molar-refractivity contribution is 0.109. The van der Waals surface area contributed by atoms with Crippen molar-refractivity contribution in [1.29, 1.82) is 0 Å². The van der Waals surface area contributed by atoms with E-state index in [4.69, 9.17) is 9.47 Å². The summed E-state index contributed by atoms with van der Waals surface area (Å²) < 4.78 is 9.92. The van der Waals surface area contributed by atoms with Crippen molar-refractivity contribution < 1.29 is 14.3 Å². The zero-order chi connectivity index (χ0) is 10.4. The van der Waals surface area contributed by atoms with Crippen molar-refractivity contribution in [1.82, 2.24) is 4.90 Å². The molecule has 0 aromatic heterocycles. The van der Waals surface area contributed by atoms with E-state index >= 15 is 0 Å². The second-order valence-corrected chi connectivity index (χ2v) is 3.19. The van der Waals surface area contributed by atoms with Crippen LogP contribution in [0, 0.1) is 0 Å². The van der Waals surface area contributed by atoms with Crippen LogP contribution in [0.5, 0.6) is 0 Å². The van der Waals surface area contributed by atoms with E-state index in [0.29, 0.717) is 19.8 Å². The van der Waals surface area contributed by atoms with Gasteiger partial charge < -0.3 is 14.4 Å². The second kappa shape index (κ2) is 5.65. The standard InChI is InChI=1S/C10H17NO3/c1-3-14-10(12)11-6-4-9(5-7-11)8-13-2/h4H,3,5-8H2,1-2H3. The lowest BCUT2D eigenvalue weighted by Crippen LogP contribution is -2.35. The van der Waals surface area contributed by atoms with Gasteiger partial charge in [0.05, 0.1) is 13.2 Å². The lowest BCUT2D eigenvalue weighted by atomic mass is 10.1. The molecule has 1 aliphatic heterocycles. The Morgan fingerprint density at radius 1 is 1.64 bits per heavy atom. The summed E-state index contributed by atoms with van der Waals surface area (Å²) >= 11 is 0. The Balaban J connectivity index is 2.38. The van der Waals surface area contributed by atoms with E-state index in [-0.39, 0.29) is 6.09 Å². The molecular weight excluding hydrogens is 182 g/mol. The van der Waals surface area contributed by atoms with Gasteiger partial charge in [-0.3, -0.25) is 0 Å². The number of carbonyl (C=O) groups is 1. The molecule has 0 aromatic rings. The van der Waals surface area contributed by atoms with Crippen LogP contribution in [0.2, 0.25) is 0 Å². The summed E-state index contributed by atoms with van der Waals surface area (Å²) in [6.45, 7) is 4.28. The van der Waals surface area contributed by atoms with Gasteiger partial charge in [0.1, 0.15) is 0 Å². The first kappa shape index (κ1) is 11.0. The first-order chi connectivity index (χ1) is 6.77. The first-order valence-electron chi connectivity index (χ1n) is 4.86. The van der Waals surface area contributed by atoms with Gasteiger partial charge >= 0.3 is 6.09 Å². The molecule has 0 saturated heterocycles. The third-order valence-electron chi connectivity index (χ3n) is 2.16. The normalized spacial score (nSPS) is 16.4. The zero-order valence-electron chi connectivity index (χ0n) is 8.78. The van der Waals surface area contributed by atoms with Gasteiger partial charge in [0.15, 0.2) is 0 Å². The minimum absolute atomic E-state index is 0.222. The highest BCUT2D eigenvalue weighted by atomic mass is 16.6. The van der Waals surface area contributed by atoms with E-state index in [1.165, 1.54) is 5.57 Å². The average Bonchev–Trinajstić information content (AvgIpc) is 2.20. The largest absolute Gasteiger partial charge is 0.450 e. The molecule has 1 heterocycles. The summed E-state index contributed by atoms with van der Waals surface area (Å²) in [6.07, 6.45) is 2.69. The first-order valence-corrected chi connectivity index (χ1v) is 4.86. The number of carbonyl (C=O) groups excluding carboxylic acids is 1. The average molecular weight is 199 g/mol. The summed E-state index contributed by atoms with van der Waals surface area (Å²) in [6, 6.07) is 0. The molecule has 0 saturated carbocycles. The predicted molar refractivity (Wildman–Crippen MR) is 53.2 cm³/mol. The van der Waals surface area contributed by atoms with Gasteiger partial charge in [-0.05, 0) is 18.9 Å². The van der Waals surface area contributed by atoms with Gasteiger partial charge in [-0.25, -0.2) is 4.79 Å². The smallest absolute Gasteiger partial charge is 0.410 e. The molecule has 80 valence electrons. The van der Waals surface area contributed by atoms with Crippen LogP contribution < -0.4 is 0 Å².